The minimum atomic E-state index is -0.854. The van der Waals surface area contributed by atoms with Crippen LogP contribution in [0.4, 0.5) is 0 Å². The molecule has 1 atom stereocenters. The van der Waals surface area contributed by atoms with Crippen LogP contribution < -0.4 is 24.4 Å². The number of carbonyl (C=O) groups is 1. The molecule has 0 unspecified atom stereocenters. The van der Waals surface area contributed by atoms with Crippen molar-refractivity contribution in [3.8, 4) is 22.6 Å². The van der Waals surface area contributed by atoms with Crippen LogP contribution in [0.15, 0.2) is 45.3 Å². The van der Waals surface area contributed by atoms with Gasteiger partial charge in [-0.3, -0.25) is 9.36 Å². The molecule has 5 rings (SSSR count). The van der Waals surface area contributed by atoms with E-state index in [1.807, 2.05) is 39.8 Å². The molecule has 0 spiro atoms. The average Bonchev–Trinajstić information content (AvgIpc) is 3.55. The second kappa shape index (κ2) is 11.9. The molecule has 11 heteroatoms. The number of hydrogen-bond acceptors (Lipinski definition) is 9. The van der Waals surface area contributed by atoms with E-state index in [0.29, 0.717) is 37.7 Å². The van der Waals surface area contributed by atoms with E-state index in [1.54, 1.807) is 64.5 Å². The van der Waals surface area contributed by atoms with Crippen LogP contribution in [0.3, 0.4) is 0 Å². The van der Waals surface area contributed by atoms with Crippen LogP contribution in [0, 0.1) is 39.0 Å². The Balaban J connectivity index is 1.75. The summed E-state index contributed by atoms with van der Waals surface area (Å²) in [5, 5.41) is 10.7. The van der Waals surface area contributed by atoms with Crippen molar-refractivity contribution in [1.29, 1.82) is 5.26 Å². The highest BCUT2D eigenvalue weighted by Crippen LogP contribution is 2.38. The summed E-state index contributed by atoms with van der Waals surface area (Å²) < 4.78 is 20.9. The van der Waals surface area contributed by atoms with Gasteiger partial charge >= 0.3 is 5.97 Å². The number of thiophene rings is 1. The average molecular weight is 631 g/mol. The highest BCUT2D eigenvalue weighted by Gasteiger charge is 2.36. The van der Waals surface area contributed by atoms with Gasteiger partial charge in [-0.05, 0) is 89.9 Å². The number of esters is 1. The van der Waals surface area contributed by atoms with Crippen molar-refractivity contribution in [2.75, 3.05) is 14.2 Å². The minimum absolute atomic E-state index is 0.259. The smallest absolute Gasteiger partial charge is 0.338 e. The Kier molecular flexibility index (Phi) is 8.42. The monoisotopic (exact) mass is 630 g/mol. The molecular formula is C33H34N4O5S2. The molecular weight excluding hydrogens is 597 g/mol. The molecule has 0 saturated heterocycles. The lowest BCUT2D eigenvalue weighted by Gasteiger charge is -2.26. The van der Waals surface area contributed by atoms with E-state index in [9.17, 15) is 14.9 Å². The Hall–Kier alpha value is -4.40. The number of aromatic nitrogens is 2. The summed E-state index contributed by atoms with van der Waals surface area (Å²) in [5.74, 6) is 0.495. The van der Waals surface area contributed by atoms with Crippen molar-refractivity contribution in [1.82, 2.24) is 9.13 Å². The number of nitrogens with zero attached hydrogens (tertiary/aromatic N) is 4. The number of benzene rings is 1. The molecule has 1 aliphatic rings. The van der Waals surface area contributed by atoms with Gasteiger partial charge in [0.1, 0.15) is 28.6 Å². The first-order valence-corrected chi connectivity index (χ1v) is 15.7. The van der Waals surface area contributed by atoms with E-state index >= 15 is 0 Å². The summed E-state index contributed by atoms with van der Waals surface area (Å²) in [6, 6.07) is 8.80. The minimum Gasteiger partial charge on any atom is -0.497 e. The van der Waals surface area contributed by atoms with Gasteiger partial charge in [0.15, 0.2) is 4.80 Å². The summed E-state index contributed by atoms with van der Waals surface area (Å²) in [7, 11) is 3.10. The van der Waals surface area contributed by atoms with Crippen LogP contribution in [-0.4, -0.2) is 35.4 Å². The number of hydrogen-bond donors (Lipinski definition) is 0. The number of rotatable bonds is 7. The van der Waals surface area contributed by atoms with Crippen LogP contribution in [0.2, 0.25) is 0 Å². The van der Waals surface area contributed by atoms with Crippen LogP contribution in [0.5, 0.6) is 11.5 Å². The van der Waals surface area contributed by atoms with E-state index in [0.717, 1.165) is 32.4 Å². The van der Waals surface area contributed by atoms with Crippen LogP contribution >= 0.6 is 22.7 Å². The fourth-order valence-corrected chi connectivity index (χ4v) is 7.75. The summed E-state index contributed by atoms with van der Waals surface area (Å²) in [5.41, 5.74) is 5.35. The molecule has 0 fully saturated rings. The largest absolute Gasteiger partial charge is 0.497 e. The van der Waals surface area contributed by atoms with E-state index in [4.69, 9.17) is 19.2 Å². The number of thiazole rings is 1. The van der Waals surface area contributed by atoms with Crippen molar-refractivity contribution in [2.24, 2.45) is 4.99 Å². The van der Waals surface area contributed by atoms with Crippen LogP contribution in [0.25, 0.3) is 11.1 Å². The predicted molar refractivity (Wildman–Crippen MR) is 172 cm³/mol. The molecule has 0 bridgehead atoms. The van der Waals surface area contributed by atoms with E-state index in [2.05, 4.69) is 10.6 Å². The lowest BCUT2D eigenvalue weighted by molar-refractivity contribution is -0.143. The zero-order chi connectivity index (χ0) is 32.0. The third kappa shape index (κ3) is 5.18. The molecule has 0 amide bonds. The standard InChI is InChI=1S/C33H34N4O5S2/c1-16(2)42-32(39)28-19(5)35-33-37(29(28)24-14-23(40-8)10-11-26(24)41-9)30(38)27(44-33)13-22-12-17(3)36(20(22)6)31-25(15-34)18(4)21(7)43-31/h10-14,16,29H,1-9H3/b27-13-/t29-/m0/s1. The molecule has 1 aliphatic heterocycles. The first-order valence-electron chi connectivity index (χ1n) is 14.1. The zero-order valence-electron chi connectivity index (χ0n) is 26.2. The highest BCUT2D eigenvalue weighted by atomic mass is 32.1. The SMILES string of the molecule is COc1ccc(OC)c([C@H]2C(C(=O)OC(C)C)=C(C)N=c3s/c(=C\c4cc(C)n(-c5sc(C)c(C)c5C#N)c4C)c(=O)n32)c1. The maximum atomic E-state index is 14.3. The summed E-state index contributed by atoms with van der Waals surface area (Å²) >= 11 is 2.84. The Labute approximate surface area is 263 Å². The molecule has 4 heterocycles. The molecule has 0 saturated carbocycles. The molecule has 44 heavy (non-hydrogen) atoms. The second-order valence-corrected chi connectivity index (χ2v) is 13.1. The fraction of sp³-hybridized carbons (Fsp3) is 0.333. The lowest BCUT2D eigenvalue weighted by atomic mass is 9.94. The summed E-state index contributed by atoms with van der Waals surface area (Å²) in [6.45, 7) is 13.3. The predicted octanol–water partition coefficient (Wildman–Crippen LogP) is 5.16. The lowest BCUT2D eigenvalue weighted by Crippen LogP contribution is -2.40. The van der Waals surface area contributed by atoms with Crippen molar-refractivity contribution in [3.63, 3.8) is 0 Å². The molecule has 1 aromatic carbocycles. The van der Waals surface area contributed by atoms with Crippen molar-refractivity contribution in [2.45, 2.75) is 60.6 Å². The number of fused-ring (bicyclic) bond motifs is 1. The normalized spacial score (nSPS) is 14.8. The van der Waals surface area contributed by atoms with Crippen molar-refractivity contribution < 1.29 is 19.0 Å². The third-order valence-corrected chi connectivity index (χ3v) is 9.93. The number of carbonyl (C=O) groups excluding carboxylic acids is 1. The summed E-state index contributed by atoms with van der Waals surface area (Å²) in [4.78, 5) is 34.0. The van der Waals surface area contributed by atoms with E-state index < -0.39 is 12.0 Å². The van der Waals surface area contributed by atoms with E-state index in [1.165, 1.54) is 15.9 Å². The molecule has 3 aromatic heterocycles. The Bertz CT molecular complexity index is 2070. The van der Waals surface area contributed by atoms with Gasteiger partial charge in [-0.1, -0.05) is 11.3 Å². The van der Waals surface area contributed by atoms with Gasteiger partial charge in [0.25, 0.3) is 5.56 Å². The number of aryl methyl sites for hydroxylation is 2. The molecule has 0 aliphatic carbocycles. The van der Waals surface area contributed by atoms with Gasteiger partial charge in [0, 0.05) is 21.8 Å². The van der Waals surface area contributed by atoms with Gasteiger partial charge in [-0.25, -0.2) is 9.79 Å². The third-order valence-electron chi connectivity index (χ3n) is 7.75. The Morgan fingerprint density at radius 3 is 2.45 bits per heavy atom. The maximum Gasteiger partial charge on any atom is 0.338 e. The van der Waals surface area contributed by atoms with Gasteiger partial charge in [-0.15, -0.1) is 11.3 Å². The first kappa shape index (κ1) is 31.0. The van der Waals surface area contributed by atoms with Gasteiger partial charge in [0.05, 0.1) is 41.7 Å². The Morgan fingerprint density at radius 2 is 1.82 bits per heavy atom. The van der Waals surface area contributed by atoms with Crippen molar-refractivity contribution in [3.05, 3.63) is 93.7 Å². The Morgan fingerprint density at radius 1 is 1.09 bits per heavy atom. The topological polar surface area (TPSA) is 108 Å². The molecule has 0 radical (unpaired) electrons. The summed E-state index contributed by atoms with van der Waals surface area (Å²) in [6.07, 6.45) is 1.49. The number of methoxy groups -OCH3 is 2. The molecule has 4 aromatic rings. The van der Waals surface area contributed by atoms with Gasteiger partial charge in [0.2, 0.25) is 0 Å². The zero-order valence-corrected chi connectivity index (χ0v) is 27.8. The number of nitriles is 1. The fourth-order valence-electron chi connectivity index (χ4n) is 5.49. The van der Waals surface area contributed by atoms with Crippen LogP contribution in [-0.2, 0) is 9.53 Å². The van der Waals surface area contributed by atoms with Gasteiger partial charge < -0.3 is 18.8 Å². The molecule has 0 N–H and O–H groups in total. The van der Waals surface area contributed by atoms with E-state index in [-0.39, 0.29) is 17.2 Å². The first-order chi connectivity index (χ1) is 20.9. The van der Waals surface area contributed by atoms with Gasteiger partial charge in [-0.2, -0.15) is 5.26 Å². The maximum absolute atomic E-state index is 14.3. The van der Waals surface area contributed by atoms with Crippen molar-refractivity contribution >= 4 is 34.7 Å². The number of ether oxygens (including phenoxy) is 3. The number of allylic oxidation sites excluding steroid dienone is 1. The van der Waals surface area contributed by atoms with Crippen LogP contribution in [0.1, 0.15) is 65.3 Å². The molecule has 228 valence electrons. The second-order valence-electron chi connectivity index (χ2n) is 10.9. The quantitative estimate of drug-likeness (QED) is 0.261. The molecule has 9 nitrogen and oxygen atoms in total. The highest BCUT2D eigenvalue weighted by molar-refractivity contribution is 7.15.